The average Bonchev–Trinajstić information content (AvgIpc) is 3.01. The lowest BCUT2D eigenvalue weighted by molar-refractivity contribution is -0.129. The quantitative estimate of drug-likeness (QED) is 0.540. The van der Waals surface area contributed by atoms with Crippen LogP contribution < -0.4 is 16.6 Å². The van der Waals surface area contributed by atoms with Gasteiger partial charge in [0.05, 0.1) is 0 Å². The van der Waals surface area contributed by atoms with Crippen molar-refractivity contribution in [3.05, 3.63) is 11.9 Å². The van der Waals surface area contributed by atoms with E-state index in [9.17, 15) is 4.79 Å². The average molecular weight is 292 g/mol. The Morgan fingerprint density at radius 3 is 2.62 bits per heavy atom. The smallest absolute Gasteiger partial charge is 0.224 e. The van der Waals surface area contributed by atoms with Crippen molar-refractivity contribution in [2.24, 2.45) is 5.84 Å². The van der Waals surface area contributed by atoms with Gasteiger partial charge in [-0.3, -0.25) is 4.79 Å². The minimum atomic E-state index is 0.204. The number of hydrazine groups is 1. The summed E-state index contributed by atoms with van der Waals surface area (Å²) in [6, 6.07) is 1.74. The van der Waals surface area contributed by atoms with Crippen molar-refractivity contribution in [1.82, 2.24) is 14.9 Å². The van der Waals surface area contributed by atoms with Crippen molar-refractivity contribution in [2.75, 3.05) is 30.4 Å². The molecule has 2 heterocycles. The van der Waals surface area contributed by atoms with Crippen LogP contribution in [0.4, 0.5) is 11.6 Å². The number of carbonyl (C=O) groups excluding carboxylic acids is 1. The first-order valence-electron chi connectivity index (χ1n) is 7.47. The van der Waals surface area contributed by atoms with Crippen molar-refractivity contribution in [3.63, 3.8) is 0 Å². The summed E-state index contributed by atoms with van der Waals surface area (Å²) in [5.74, 6) is 7.82. The zero-order valence-corrected chi connectivity index (χ0v) is 12.7. The zero-order chi connectivity index (χ0) is 15.2. The zero-order valence-electron chi connectivity index (χ0n) is 12.7. The summed E-state index contributed by atoms with van der Waals surface area (Å²) < 4.78 is 0. The normalized spacial score (nSPS) is 14.6. The molecule has 0 aromatic carbocycles. The van der Waals surface area contributed by atoms with Crippen molar-refractivity contribution >= 4 is 17.5 Å². The van der Waals surface area contributed by atoms with Gasteiger partial charge in [-0.1, -0.05) is 13.8 Å². The maximum atomic E-state index is 12.0. The fourth-order valence-electron chi connectivity index (χ4n) is 2.31. The van der Waals surface area contributed by atoms with Crippen molar-refractivity contribution in [3.8, 4) is 0 Å². The molecule has 0 spiro atoms. The largest absolute Gasteiger partial charge is 0.369 e. The summed E-state index contributed by atoms with van der Waals surface area (Å²) in [7, 11) is 0. The van der Waals surface area contributed by atoms with Gasteiger partial charge >= 0.3 is 0 Å². The van der Waals surface area contributed by atoms with Crippen LogP contribution in [0.5, 0.6) is 0 Å². The molecule has 0 radical (unpaired) electrons. The number of carbonyl (C=O) groups is 1. The van der Waals surface area contributed by atoms with Gasteiger partial charge in [-0.15, -0.1) is 0 Å². The number of nitrogens with one attached hydrogen (secondary N) is 2. The van der Waals surface area contributed by atoms with E-state index in [2.05, 4.69) is 20.7 Å². The minimum absolute atomic E-state index is 0.204. The van der Waals surface area contributed by atoms with E-state index in [1.807, 2.05) is 18.7 Å². The predicted octanol–water partition coefficient (Wildman–Crippen LogP) is 1.31. The number of hydrogen-bond acceptors (Lipinski definition) is 6. The summed E-state index contributed by atoms with van der Waals surface area (Å²) >= 11 is 0. The van der Waals surface area contributed by atoms with E-state index in [1.165, 1.54) is 0 Å². The van der Waals surface area contributed by atoms with Gasteiger partial charge in [0.25, 0.3) is 0 Å². The molecule has 1 aliphatic rings. The minimum Gasteiger partial charge on any atom is -0.369 e. The first kappa shape index (κ1) is 15.5. The van der Waals surface area contributed by atoms with E-state index < -0.39 is 0 Å². The van der Waals surface area contributed by atoms with E-state index in [0.29, 0.717) is 24.6 Å². The summed E-state index contributed by atoms with van der Waals surface area (Å²) in [5.41, 5.74) is 2.54. The van der Waals surface area contributed by atoms with Gasteiger partial charge in [0, 0.05) is 38.0 Å². The number of amides is 1. The van der Waals surface area contributed by atoms with E-state index in [-0.39, 0.29) is 11.8 Å². The molecule has 0 bridgehead atoms. The molecule has 1 aromatic heterocycles. The maximum Gasteiger partial charge on any atom is 0.224 e. The molecule has 7 heteroatoms. The van der Waals surface area contributed by atoms with Crippen LogP contribution in [0.25, 0.3) is 0 Å². The molecule has 4 N–H and O–H groups in total. The predicted molar refractivity (Wildman–Crippen MR) is 82.9 cm³/mol. The molecule has 1 aliphatic heterocycles. The number of rotatable bonds is 6. The third kappa shape index (κ3) is 4.29. The molecule has 1 saturated heterocycles. The maximum absolute atomic E-state index is 12.0. The van der Waals surface area contributed by atoms with E-state index in [1.54, 1.807) is 6.07 Å². The number of hydrogen-bond donors (Lipinski definition) is 3. The molecule has 1 aromatic rings. The standard InChI is InChI=1S/C14H24N6O/c1-10(2)14-17-11(9-12(18-14)19-15)16-6-5-13(21)20-7-3-4-8-20/h9-10H,3-8,15H2,1-2H3,(H2,16,17,18,19). The van der Waals surface area contributed by atoms with Crippen molar-refractivity contribution in [1.29, 1.82) is 0 Å². The van der Waals surface area contributed by atoms with Crippen LogP contribution in [0.3, 0.4) is 0 Å². The van der Waals surface area contributed by atoms with Crippen LogP contribution >= 0.6 is 0 Å². The number of nitrogens with two attached hydrogens (primary N) is 1. The second-order valence-electron chi connectivity index (χ2n) is 5.56. The number of nitrogen functional groups attached to an aromatic ring is 1. The Kier molecular flexibility index (Phi) is 5.32. The fraction of sp³-hybridized carbons (Fsp3) is 0.643. The molecule has 0 unspecified atom stereocenters. The molecule has 0 atom stereocenters. The highest BCUT2D eigenvalue weighted by Crippen LogP contribution is 2.16. The molecule has 116 valence electrons. The Balaban J connectivity index is 1.90. The van der Waals surface area contributed by atoms with Crippen LogP contribution in [-0.4, -0.2) is 40.4 Å². The summed E-state index contributed by atoms with van der Waals surface area (Å²) in [6.45, 7) is 6.40. The molecule has 1 amide bonds. The van der Waals surface area contributed by atoms with Crippen LogP contribution in [0.15, 0.2) is 6.07 Å². The van der Waals surface area contributed by atoms with Gasteiger partial charge in [0.2, 0.25) is 5.91 Å². The van der Waals surface area contributed by atoms with Gasteiger partial charge in [0.1, 0.15) is 17.5 Å². The van der Waals surface area contributed by atoms with E-state index >= 15 is 0 Å². The van der Waals surface area contributed by atoms with Gasteiger partial charge in [-0.25, -0.2) is 15.8 Å². The topological polar surface area (TPSA) is 96.2 Å². The van der Waals surface area contributed by atoms with Gasteiger partial charge < -0.3 is 15.6 Å². The lowest BCUT2D eigenvalue weighted by Gasteiger charge is -2.16. The molecular weight excluding hydrogens is 268 g/mol. The summed E-state index contributed by atoms with van der Waals surface area (Å²) in [6.07, 6.45) is 2.72. The van der Waals surface area contributed by atoms with E-state index in [0.717, 1.165) is 31.8 Å². The number of anilines is 2. The first-order valence-corrected chi connectivity index (χ1v) is 7.47. The highest BCUT2D eigenvalue weighted by Gasteiger charge is 2.17. The number of likely N-dealkylation sites (tertiary alicyclic amines) is 1. The van der Waals surface area contributed by atoms with Crippen LogP contribution in [0.2, 0.25) is 0 Å². The summed E-state index contributed by atoms with van der Waals surface area (Å²) in [5, 5.41) is 3.17. The van der Waals surface area contributed by atoms with Crippen molar-refractivity contribution < 1.29 is 4.79 Å². The third-order valence-electron chi connectivity index (χ3n) is 3.51. The lowest BCUT2D eigenvalue weighted by atomic mass is 10.2. The van der Waals surface area contributed by atoms with Gasteiger partial charge in [-0.2, -0.15) is 0 Å². The monoisotopic (exact) mass is 292 g/mol. The SMILES string of the molecule is CC(C)c1nc(NN)cc(NCCC(=O)N2CCCC2)n1. The Hall–Kier alpha value is -1.89. The second kappa shape index (κ2) is 7.21. The second-order valence-corrected chi connectivity index (χ2v) is 5.56. The Labute approximate surface area is 125 Å². The molecule has 2 rings (SSSR count). The Morgan fingerprint density at radius 1 is 1.33 bits per heavy atom. The Morgan fingerprint density at radius 2 is 2.00 bits per heavy atom. The molecule has 1 fully saturated rings. The summed E-state index contributed by atoms with van der Waals surface area (Å²) in [4.78, 5) is 22.6. The van der Waals surface area contributed by atoms with Crippen molar-refractivity contribution in [2.45, 2.75) is 39.0 Å². The van der Waals surface area contributed by atoms with Crippen LogP contribution in [0.1, 0.15) is 44.9 Å². The fourth-order valence-corrected chi connectivity index (χ4v) is 2.31. The number of aromatic nitrogens is 2. The van der Waals surface area contributed by atoms with Gasteiger partial charge in [-0.05, 0) is 12.8 Å². The Bertz CT molecular complexity index is 484. The lowest BCUT2D eigenvalue weighted by Crippen LogP contribution is -2.29. The number of nitrogens with zero attached hydrogens (tertiary/aromatic N) is 3. The molecular formula is C14H24N6O. The third-order valence-corrected chi connectivity index (χ3v) is 3.51. The molecule has 21 heavy (non-hydrogen) atoms. The van der Waals surface area contributed by atoms with Crippen LogP contribution in [-0.2, 0) is 4.79 Å². The first-order chi connectivity index (χ1) is 10.1. The van der Waals surface area contributed by atoms with E-state index in [4.69, 9.17) is 5.84 Å². The van der Waals surface area contributed by atoms with Crippen LogP contribution in [0, 0.1) is 0 Å². The highest BCUT2D eigenvalue weighted by atomic mass is 16.2. The molecule has 0 saturated carbocycles. The molecule has 0 aliphatic carbocycles. The highest BCUT2D eigenvalue weighted by molar-refractivity contribution is 5.76. The van der Waals surface area contributed by atoms with Gasteiger partial charge in [0.15, 0.2) is 0 Å². The molecule has 7 nitrogen and oxygen atoms in total.